The van der Waals surface area contributed by atoms with Gasteiger partial charge in [0.15, 0.2) is 0 Å². The maximum Gasteiger partial charge on any atom is 0.0714 e. The summed E-state index contributed by atoms with van der Waals surface area (Å²) in [5.41, 5.74) is 14.2. The third-order valence-corrected chi connectivity index (χ3v) is 12.3. The van der Waals surface area contributed by atoms with E-state index in [1.54, 1.807) is 0 Å². The van der Waals surface area contributed by atoms with E-state index in [-0.39, 0.29) is 0 Å². The van der Waals surface area contributed by atoms with Crippen LogP contribution in [0.25, 0.3) is 11.1 Å². The molecule has 0 aromatic heterocycles. The van der Waals surface area contributed by atoms with Crippen LogP contribution >= 0.6 is 31.9 Å². The summed E-state index contributed by atoms with van der Waals surface area (Å²) in [5.74, 6) is 0. The standard InChI is InChI=1S/C49H64Br2/c1-5-9-13-17-21-37-29-38(22-18-14-10-6-2)32-41(31-37)49(47-35-43(50)25-27-45(47)46-28-26-44(51)36-48(46)49)42-33-39(23-19-15-11-7-3)30-40(34-42)24-20-16-12-8-4/h25-36H,5-24H2,1-4H3. The topological polar surface area (TPSA) is 0 Å². The lowest BCUT2D eigenvalue weighted by Crippen LogP contribution is -2.29. The van der Waals surface area contributed by atoms with Gasteiger partial charge in [-0.2, -0.15) is 0 Å². The lowest BCUT2D eigenvalue weighted by Gasteiger charge is -2.35. The summed E-state index contributed by atoms with van der Waals surface area (Å²) >= 11 is 7.93. The van der Waals surface area contributed by atoms with Gasteiger partial charge in [0.25, 0.3) is 0 Å². The van der Waals surface area contributed by atoms with Crippen LogP contribution in [0.4, 0.5) is 0 Å². The predicted octanol–water partition coefficient (Wildman–Crippen LogP) is 16.1. The molecule has 0 saturated heterocycles. The molecule has 0 amide bonds. The number of rotatable bonds is 22. The molecule has 1 aliphatic rings. The van der Waals surface area contributed by atoms with Crippen molar-refractivity contribution in [1.29, 1.82) is 0 Å². The molecule has 0 fully saturated rings. The molecule has 0 spiro atoms. The van der Waals surface area contributed by atoms with Gasteiger partial charge in [0.2, 0.25) is 0 Å². The first-order chi connectivity index (χ1) is 24.9. The Morgan fingerprint density at radius 2 is 0.686 bits per heavy atom. The van der Waals surface area contributed by atoms with Gasteiger partial charge < -0.3 is 0 Å². The molecule has 0 radical (unpaired) electrons. The summed E-state index contributed by atoms with van der Waals surface area (Å²) in [5, 5.41) is 0. The van der Waals surface area contributed by atoms with Crippen molar-refractivity contribution in [3.05, 3.63) is 126 Å². The van der Waals surface area contributed by atoms with Crippen molar-refractivity contribution in [1.82, 2.24) is 0 Å². The average Bonchev–Trinajstić information content (AvgIpc) is 3.41. The van der Waals surface area contributed by atoms with E-state index in [0.29, 0.717) is 0 Å². The van der Waals surface area contributed by atoms with E-state index in [0.717, 1.165) is 34.6 Å². The van der Waals surface area contributed by atoms with Crippen LogP contribution in [0.2, 0.25) is 0 Å². The zero-order valence-corrected chi connectivity index (χ0v) is 35.5. The Kier molecular flexibility index (Phi) is 16.0. The van der Waals surface area contributed by atoms with Crippen LogP contribution in [0.1, 0.15) is 175 Å². The highest BCUT2D eigenvalue weighted by Crippen LogP contribution is 2.57. The maximum absolute atomic E-state index is 3.97. The first-order valence-electron chi connectivity index (χ1n) is 20.8. The first kappa shape index (κ1) is 40.0. The van der Waals surface area contributed by atoms with Crippen molar-refractivity contribution in [3.8, 4) is 11.1 Å². The minimum absolute atomic E-state index is 0.395. The summed E-state index contributed by atoms with van der Waals surface area (Å²) in [7, 11) is 0. The van der Waals surface area contributed by atoms with Gasteiger partial charge in [-0.3, -0.25) is 0 Å². The van der Waals surface area contributed by atoms with Crippen LogP contribution in [0.15, 0.2) is 81.7 Å². The van der Waals surface area contributed by atoms with E-state index in [9.17, 15) is 0 Å². The van der Waals surface area contributed by atoms with Gasteiger partial charge in [-0.05, 0) is 131 Å². The smallest absolute Gasteiger partial charge is 0.0654 e. The third kappa shape index (κ3) is 10.1. The molecule has 0 aliphatic heterocycles. The molecule has 274 valence electrons. The van der Waals surface area contributed by atoms with Crippen LogP contribution < -0.4 is 0 Å². The number of hydrogen-bond donors (Lipinski definition) is 0. The average molecular weight is 813 g/mol. The van der Waals surface area contributed by atoms with Gasteiger partial charge in [0, 0.05) is 8.95 Å². The van der Waals surface area contributed by atoms with Crippen LogP contribution in [0.5, 0.6) is 0 Å². The van der Waals surface area contributed by atoms with Crippen LogP contribution in [-0.2, 0) is 31.1 Å². The molecule has 5 rings (SSSR count). The maximum atomic E-state index is 3.97. The third-order valence-electron chi connectivity index (χ3n) is 11.3. The number of halogens is 2. The molecule has 0 heterocycles. The minimum atomic E-state index is -0.395. The highest BCUT2D eigenvalue weighted by atomic mass is 79.9. The molecule has 1 aliphatic carbocycles. The SMILES string of the molecule is CCCCCCc1cc(CCCCCC)cc(C2(c3cc(CCCCCC)cc(CCCCCC)c3)c3cc(Br)ccc3-c3ccc(Br)cc32)c1. The molecular formula is C49H64Br2. The molecule has 0 bridgehead atoms. The Balaban J connectivity index is 1.77. The number of benzene rings is 4. The highest BCUT2D eigenvalue weighted by molar-refractivity contribution is 9.10. The second-order valence-corrected chi connectivity index (χ2v) is 17.3. The predicted molar refractivity (Wildman–Crippen MR) is 231 cm³/mol. The Hall–Kier alpha value is -2.16. The lowest BCUT2D eigenvalue weighted by molar-refractivity contribution is 0.655. The minimum Gasteiger partial charge on any atom is -0.0654 e. The monoisotopic (exact) mass is 810 g/mol. The van der Waals surface area contributed by atoms with Gasteiger partial charge in [0.1, 0.15) is 0 Å². The number of unbranched alkanes of at least 4 members (excludes halogenated alkanes) is 12. The second kappa shape index (κ2) is 20.3. The molecule has 51 heavy (non-hydrogen) atoms. The Morgan fingerprint density at radius 1 is 0.373 bits per heavy atom. The molecule has 2 heteroatoms. The van der Waals surface area contributed by atoms with E-state index in [2.05, 4.69) is 132 Å². The summed E-state index contributed by atoms with van der Waals surface area (Å²) in [6.45, 7) is 9.28. The van der Waals surface area contributed by atoms with Crippen molar-refractivity contribution in [2.75, 3.05) is 0 Å². The van der Waals surface area contributed by atoms with E-state index >= 15 is 0 Å². The van der Waals surface area contributed by atoms with Crippen molar-refractivity contribution in [2.24, 2.45) is 0 Å². The molecule has 0 N–H and O–H groups in total. The summed E-state index contributed by atoms with van der Waals surface area (Å²) in [6.07, 6.45) is 25.3. The Bertz CT molecular complexity index is 1490. The van der Waals surface area contributed by atoms with Gasteiger partial charge in [-0.15, -0.1) is 0 Å². The van der Waals surface area contributed by atoms with Crippen LogP contribution in [0.3, 0.4) is 0 Å². The first-order valence-corrected chi connectivity index (χ1v) is 22.4. The Labute approximate surface area is 328 Å². The Morgan fingerprint density at radius 3 is 0.980 bits per heavy atom. The zero-order valence-electron chi connectivity index (χ0n) is 32.3. The van der Waals surface area contributed by atoms with Crippen molar-refractivity contribution >= 4 is 31.9 Å². The second-order valence-electron chi connectivity index (χ2n) is 15.4. The summed E-state index contributed by atoms with van der Waals surface area (Å²) < 4.78 is 2.31. The van der Waals surface area contributed by atoms with Crippen molar-refractivity contribution in [3.63, 3.8) is 0 Å². The van der Waals surface area contributed by atoms with Crippen LogP contribution in [0, 0.1) is 0 Å². The molecule has 4 aromatic carbocycles. The molecule has 0 atom stereocenters. The highest BCUT2D eigenvalue weighted by Gasteiger charge is 2.47. The van der Waals surface area contributed by atoms with Crippen molar-refractivity contribution < 1.29 is 0 Å². The normalized spacial score (nSPS) is 13.1. The van der Waals surface area contributed by atoms with Gasteiger partial charge in [0.05, 0.1) is 5.41 Å². The number of hydrogen-bond acceptors (Lipinski definition) is 0. The fourth-order valence-corrected chi connectivity index (χ4v) is 9.34. The zero-order chi connectivity index (χ0) is 36.1. The fourth-order valence-electron chi connectivity index (χ4n) is 8.62. The van der Waals surface area contributed by atoms with Gasteiger partial charge in [-0.1, -0.05) is 185 Å². The molecule has 4 aromatic rings. The largest absolute Gasteiger partial charge is 0.0714 e. The van der Waals surface area contributed by atoms with Gasteiger partial charge >= 0.3 is 0 Å². The van der Waals surface area contributed by atoms with Gasteiger partial charge in [-0.25, -0.2) is 0 Å². The summed E-state index contributed by atoms with van der Waals surface area (Å²) in [6, 6.07) is 29.7. The molecule has 0 unspecified atom stereocenters. The lowest BCUT2D eigenvalue weighted by atomic mass is 9.66. The van der Waals surface area contributed by atoms with E-state index in [4.69, 9.17) is 0 Å². The van der Waals surface area contributed by atoms with E-state index in [1.807, 2.05) is 0 Å². The molecular weight excluding hydrogens is 748 g/mol. The van der Waals surface area contributed by atoms with Crippen molar-refractivity contribution in [2.45, 2.75) is 162 Å². The van der Waals surface area contributed by atoms with E-state index < -0.39 is 5.41 Å². The quantitative estimate of drug-likeness (QED) is 0.0611. The van der Waals surface area contributed by atoms with E-state index in [1.165, 1.54) is 158 Å². The molecule has 0 nitrogen and oxygen atoms in total. The number of fused-ring (bicyclic) bond motifs is 3. The van der Waals surface area contributed by atoms with Crippen LogP contribution in [-0.4, -0.2) is 0 Å². The number of aryl methyl sites for hydroxylation is 4. The summed E-state index contributed by atoms with van der Waals surface area (Å²) in [4.78, 5) is 0. The fraction of sp³-hybridized carbons (Fsp3) is 0.510. The molecule has 0 saturated carbocycles.